The van der Waals surface area contributed by atoms with Crippen LogP contribution < -0.4 is 10.1 Å². The number of fused-ring (bicyclic) bond motifs is 2. The van der Waals surface area contributed by atoms with E-state index in [1.807, 2.05) is 19.1 Å². The fourth-order valence-electron chi connectivity index (χ4n) is 3.15. The van der Waals surface area contributed by atoms with Crippen molar-refractivity contribution in [3.63, 3.8) is 0 Å². The Kier molecular flexibility index (Phi) is 5.02. The van der Waals surface area contributed by atoms with Crippen LogP contribution in [-0.4, -0.2) is 16.1 Å². The molecule has 6 nitrogen and oxygen atoms in total. The fraction of sp³-hybridized carbons (Fsp3) is 0.0455. The summed E-state index contributed by atoms with van der Waals surface area (Å²) in [6, 6.07) is 15.6. The number of aromatic nitrogens is 2. The van der Waals surface area contributed by atoms with Crippen LogP contribution in [0, 0.1) is 6.92 Å². The first kappa shape index (κ1) is 19.8. The highest BCUT2D eigenvalue weighted by Gasteiger charge is 2.16. The average molecular weight is 470 g/mol. The molecule has 0 fully saturated rings. The molecule has 2 aromatic heterocycles. The lowest BCUT2D eigenvalue weighted by molar-refractivity contribution is 0.215. The van der Waals surface area contributed by atoms with E-state index < -0.39 is 6.09 Å². The van der Waals surface area contributed by atoms with Crippen LogP contribution in [0.1, 0.15) is 5.01 Å². The van der Waals surface area contributed by atoms with Crippen molar-refractivity contribution in [3.8, 4) is 17.2 Å². The number of aryl methyl sites for hydroxylation is 1. The number of carbonyl (C=O) groups excluding carboxylic acids is 1. The van der Waals surface area contributed by atoms with Crippen LogP contribution >= 0.6 is 34.5 Å². The number of hydrogen-bond donors (Lipinski definition) is 1. The van der Waals surface area contributed by atoms with Gasteiger partial charge in [-0.25, -0.2) is 14.8 Å². The second-order valence-corrected chi connectivity index (χ2v) is 8.72. The van der Waals surface area contributed by atoms with Crippen molar-refractivity contribution < 1.29 is 13.9 Å². The number of nitrogens with zero attached hydrogens (tertiary/aromatic N) is 2. The van der Waals surface area contributed by atoms with Gasteiger partial charge in [0, 0.05) is 11.8 Å². The van der Waals surface area contributed by atoms with Crippen LogP contribution in [0.4, 0.5) is 10.5 Å². The molecule has 3 aromatic carbocycles. The first-order chi connectivity index (χ1) is 15.0. The molecule has 0 bridgehead atoms. The molecule has 0 spiro atoms. The molecular formula is C22H13Cl2N3O3S. The second kappa shape index (κ2) is 7.85. The van der Waals surface area contributed by atoms with Gasteiger partial charge in [0.15, 0.2) is 5.58 Å². The van der Waals surface area contributed by atoms with Gasteiger partial charge in [-0.15, -0.1) is 11.3 Å². The maximum absolute atomic E-state index is 12.3. The van der Waals surface area contributed by atoms with Gasteiger partial charge in [-0.1, -0.05) is 29.3 Å². The molecule has 0 aliphatic heterocycles. The van der Waals surface area contributed by atoms with Crippen molar-refractivity contribution in [3.05, 3.63) is 69.7 Å². The monoisotopic (exact) mass is 469 g/mol. The molecule has 2 heterocycles. The molecule has 5 rings (SSSR count). The van der Waals surface area contributed by atoms with E-state index in [0.717, 1.165) is 15.2 Å². The quantitative estimate of drug-likeness (QED) is 0.299. The summed E-state index contributed by atoms with van der Waals surface area (Å²) in [5.41, 5.74) is 2.96. The summed E-state index contributed by atoms with van der Waals surface area (Å²) in [4.78, 5) is 21.2. The molecule has 31 heavy (non-hydrogen) atoms. The number of hydrogen-bond acceptors (Lipinski definition) is 6. The minimum Gasteiger partial charge on any atom is -0.436 e. The van der Waals surface area contributed by atoms with E-state index in [1.54, 1.807) is 53.8 Å². The van der Waals surface area contributed by atoms with E-state index in [2.05, 4.69) is 15.3 Å². The highest BCUT2D eigenvalue weighted by atomic mass is 35.5. The van der Waals surface area contributed by atoms with Crippen LogP contribution in [0.15, 0.2) is 59.0 Å². The maximum atomic E-state index is 12.3. The Balaban J connectivity index is 1.36. The summed E-state index contributed by atoms with van der Waals surface area (Å²) in [6.45, 7) is 1.94. The third-order valence-electron chi connectivity index (χ3n) is 4.49. The van der Waals surface area contributed by atoms with Crippen molar-refractivity contribution in [2.75, 3.05) is 5.32 Å². The number of nitrogens with one attached hydrogen (secondary N) is 1. The normalized spacial score (nSPS) is 11.2. The number of halogens is 2. The SMILES string of the molecule is Cc1nc2cc(NC(=O)Oc3ccc4oc(-c5c(Cl)cccc5Cl)nc4c3)ccc2s1. The van der Waals surface area contributed by atoms with Gasteiger partial charge >= 0.3 is 6.09 Å². The average Bonchev–Trinajstić information content (AvgIpc) is 3.29. The first-order valence-electron chi connectivity index (χ1n) is 9.17. The molecule has 0 aliphatic carbocycles. The van der Waals surface area contributed by atoms with Gasteiger partial charge in [-0.05, 0) is 49.4 Å². The minimum absolute atomic E-state index is 0.291. The zero-order valence-electron chi connectivity index (χ0n) is 16.0. The van der Waals surface area contributed by atoms with E-state index in [9.17, 15) is 4.79 Å². The molecule has 1 amide bonds. The van der Waals surface area contributed by atoms with Crippen molar-refractivity contribution in [2.24, 2.45) is 0 Å². The van der Waals surface area contributed by atoms with Gasteiger partial charge in [0.1, 0.15) is 11.3 Å². The number of thiazole rings is 1. The van der Waals surface area contributed by atoms with Crippen molar-refractivity contribution in [2.45, 2.75) is 6.92 Å². The Bertz CT molecular complexity index is 1440. The highest BCUT2D eigenvalue weighted by molar-refractivity contribution is 7.18. The number of anilines is 1. The number of oxazole rings is 1. The number of rotatable bonds is 3. The first-order valence-corrected chi connectivity index (χ1v) is 10.7. The van der Waals surface area contributed by atoms with Crippen molar-refractivity contribution in [1.29, 1.82) is 0 Å². The van der Waals surface area contributed by atoms with Crippen molar-refractivity contribution in [1.82, 2.24) is 9.97 Å². The number of carbonyl (C=O) groups is 1. The topological polar surface area (TPSA) is 77.2 Å². The minimum atomic E-state index is -0.622. The van der Waals surface area contributed by atoms with E-state index in [-0.39, 0.29) is 0 Å². The zero-order valence-corrected chi connectivity index (χ0v) is 18.3. The lowest BCUT2D eigenvalue weighted by Gasteiger charge is -2.06. The summed E-state index contributed by atoms with van der Waals surface area (Å²) in [5, 5.41) is 4.54. The number of ether oxygens (including phenoxy) is 1. The van der Waals surface area contributed by atoms with Crippen LogP contribution in [0.2, 0.25) is 10.0 Å². The molecule has 0 aliphatic rings. The molecule has 0 saturated heterocycles. The molecule has 0 saturated carbocycles. The maximum Gasteiger partial charge on any atom is 0.417 e. The molecular weight excluding hydrogens is 457 g/mol. The van der Waals surface area contributed by atoms with Gasteiger partial charge in [0.25, 0.3) is 0 Å². The summed E-state index contributed by atoms with van der Waals surface area (Å²) >= 11 is 14.1. The molecule has 0 atom stereocenters. The predicted octanol–water partition coefficient (Wildman–Crippen LogP) is 7.33. The standard InChI is InChI=1S/C22H13Cl2N3O3S/c1-11-25-17-9-12(5-8-19(17)31-11)26-22(28)29-13-6-7-18-16(10-13)27-21(30-18)20-14(23)3-2-4-15(20)24/h2-10H,1H3,(H,26,28). The van der Waals surface area contributed by atoms with E-state index >= 15 is 0 Å². The van der Waals surface area contributed by atoms with Gasteiger partial charge in [-0.2, -0.15) is 0 Å². The zero-order chi connectivity index (χ0) is 21.5. The molecule has 0 unspecified atom stereocenters. The molecule has 9 heteroatoms. The highest BCUT2D eigenvalue weighted by Crippen LogP contribution is 2.36. The summed E-state index contributed by atoms with van der Waals surface area (Å²) in [5.74, 6) is 0.611. The van der Waals surface area contributed by atoms with Crippen LogP contribution in [0.3, 0.4) is 0 Å². The smallest absolute Gasteiger partial charge is 0.417 e. The molecule has 0 radical (unpaired) electrons. The largest absolute Gasteiger partial charge is 0.436 e. The summed E-state index contributed by atoms with van der Waals surface area (Å²) in [6.07, 6.45) is -0.622. The lowest BCUT2D eigenvalue weighted by atomic mass is 10.2. The molecule has 5 aromatic rings. The fourth-order valence-corrected chi connectivity index (χ4v) is 4.52. The summed E-state index contributed by atoms with van der Waals surface area (Å²) < 4.78 is 12.2. The van der Waals surface area contributed by atoms with Gasteiger partial charge < -0.3 is 9.15 Å². The third kappa shape index (κ3) is 3.95. The lowest BCUT2D eigenvalue weighted by Crippen LogP contribution is -2.16. The Hall–Kier alpha value is -3.13. The van der Waals surface area contributed by atoms with E-state index in [4.69, 9.17) is 32.4 Å². The van der Waals surface area contributed by atoms with Gasteiger partial charge in [0.2, 0.25) is 5.89 Å². The number of benzene rings is 3. The third-order valence-corrected chi connectivity index (χ3v) is 6.07. The summed E-state index contributed by atoms with van der Waals surface area (Å²) in [7, 11) is 0. The van der Waals surface area contributed by atoms with Crippen LogP contribution in [-0.2, 0) is 0 Å². The van der Waals surface area contributed by atoms with Crippen molar-refractivity contribution >= 4 is 67.6 Å². The molecule has 154 valence electrons. The second-order valence-electron chi connectivity index (χ2n) is 6.68. The van der Waals surface area contributed by atoms with Crippen LogP contribution in [0.5, 0.6) is 5.75 Å². The Morgan fingerprint density at radius 2 is 1.84 bits per heavy atom. The Morgan fingerprint density at radius 3 is 2.65 bits per heavy atom. The Labute approximate surface area is 190 Å². The van der Waals surface area contributed by atoms with E-state index in [1.165, 1.54) is 0 Å². The van der Waals surface area contributed by atoms with Crippen LogP contribution in [0.25, 0.3) is 32.8 Å². The number of amides is 1. The molecule has 1 N–H and O–H groups in total. The van der Waals surface area contributed by atoms with Gasteiger partial charge in [-0.3, -0.25) is 5.32 Å². The van der Waals surface area contributed by atoms with Gasteiger partial charge in [0.05, 0.1) is 30.8 Å². The Morgan fingerprint density at radius 1 is 1.03 bits per heavy atom. The van der Waals surface area contributed by atoms with E-state index in [0.29, 0.717) is 44.0 Å². The predicted molar refractivity (Wildman–Crippen MR) is 123 cm³/mol.